The zero-order valence-electron chi connectivity index (χ0n) is 18.4. The first-order valence-corrected chi connectivity index (χ1v) is 10.6. The molecular weight excluding hydrogens is 467 g/mol. The minimum absolute atomic E-state index is 0.0626. The van der Waals surface area contributed by atoms with Crippen LogP contribution in [-0.4, -0.2) is 29.8 Å². The summed E-state index contributed by atoms with van der Waals surface area (Å²) in [7, 11) is 1.23. The molecule has 33 heavy (non-hydrogen) atoms. The number of aromatic nitrogens is 1. The van der Waals surface area contributed by atoms with Gasteiger partial charge in [0.2, 0.25) is 5.88 Å². The molecule has 0 bridgehead atoms. The van der Waals surface area contributed by atoms with Crippen LogP contribution in [0, 0.1) is 0 Å². The maximum absolute atomic E-state index is 12.1. The first-order chi connectivity index (χ1) is 15.6. The van der Waals surface area contributed by atoms with Crippen molar-refractivity contribution in [3.8, 4) is 11.6 Å². The Labute approximate surface area is 201 Å². The minimum Gasteiger partial charge on any atom is -0.464 e. The number of esters is 1. The van der Waals surface area contributed by atoms with Gasteiger partial charge in [0, 0.05) is 11.5 Å². The molecule has 0 aliphatic carbocycles. The SMILES string of the molecule is COC(=O)/C(=C/c1ccc2nc(Oc3c(Cl)cccc3Cl)ccc2c1)NC(=O)OC(C)(C)C. The highest BCUT2D eigenvalue weighted by atomic mass is 35.5. The molecule has 0 saturated carbocycles. The molecule has 0 saturated heterocycles. The van der Waals surface area contributed by atoms with Gasteiger partial charge in [0.1, 0.15) is 11.3 Å². The van der Waals surface area contributed by atoms with Gasteiger partial charge in [0.05, 0.1) is 22.7 Å². The molecule has 0 atom stereocenters. The smallest absolute Gasteiger partial charge is 0.412 e. The Morgan fingerprint density at radius 2 is 1.73 bits per heavy atom. The van der Waals surface area contributed by atoms with Crippen LogP contribution in [0.25, 0.3) is 17.0 Å². The van der Waals surface area contributed by atoms with Crippen LogP contribution in [0.1, 0.15) is 26.3 Å². The summed E-state index contributed by atoms with van der Waals surface area (Å²) >= 11 is 12.3. The predicted molar refractivity (Wildman–Crippen MR) is 128 cm³/mol. The first-order valence-electron chi connectivity index (χ1n) is 9.88. The van der Waals surface area contributed by atoms with Gasteiger partial charge in [-0.05, 0) is 62.7 Å². The zero-order valence-corrected chi connectivity index (χ0v) is 20.0. The molecule has 3 aromatic rings. The molecule has 1 aromatic heterocycles. The van der Waals surface area contributed by atoms with Crippen LogP contribution in [0.3, 0.4) is 0 Å². The van der Waals surface area contributed by atoms with Gasteiger partial charge in [0.15, 0.2) is 5.75 Å². The Morgan fingerprint density at radius 3 is 2.36 bits per heavy atom. The number of rotatable bonds is 5. The highest BCUT2D eigenvalue weighted by molar-refractivity contribution is 6.37. The Hall–Kier alpha value is -3.29. The number of fused-ring (bicyclic) bond motifs is 1. The van der Waals surface area contributed by atoms with E-state index in [0.717, 1.165) is 5.39 Å². The third-order valence-electron chi connectivity index (χ3n) is 4.17. The van der Waals surface area contributed by atoms with Gasteiger partial charge in [-0.2, -0.15) is 0 Å². The van der Waals surface area contributed by atoms with Gasteiger partial charge in [0.25, 0.3) is 0 Å². The van der Waals surface area contributed by atoms with E-state index in [-0.39, 0.29) is 5.70 Å². The van der Waals surface area contributed by atoms with E-state index in [0.29, 0.717) is 32.8 Å². The molecule has 2 aromatic carbocycles. The van der Waals surface area contributed by atoms with Crippen LogP contribution in [0.5, 0.6) is 11.6 Å². The van der Waals surface area contributed by atoms with Gasteiger partial charge in [-0.15, -0.1) is 0 Å². The molecule has 7 nitrogen and oxygen atoms in total. The monoisotopic (exact) mass is 488 g/mol. The topological polar surface area (TPSA) is 86.8 Å². The first kappa shape index (κ1) is 24.4. The molecule has 3 rings (SSSR count). The van der Waals surface area contributed by atoms with E-state index in [1.54, 1.807) is 69.3 Å². The van der Waals surface area contributed by atoms with Crippen molar-refractivity contribution in [2.45, 2.75) is 26.4 Å². The number of amides is 1. The molecule has 0 spiro atoms. The van der Waals surface area contributed by atoms with Gasteiger partial charge in [-0.25, -0.2) is 14.6 Å². The molecule has 0 aliphatic rings. The number of pyridine rings is 1. The van der Waals surface area contributed by atoms with Gasteiger partial charge >= 0.3 is 12.1 Å². The summed E-state index contributed by atoms with van der Waals surface area (Å²) < 4.78 is 15.7. The quantitative estimate of drug-likeness (QED) is 0.331. The number of nitrogens with zero attached hydrogens (tertiary/aromatic N) is 1. The maximum Gasteiger partial charge on any atom is 0.412 e. The van der Waals surface area contributed by atoms with E-state index < -0.39 is 17.7 Å². The van der Waals surface area contributed by atoms with Crippen LogP contribution in [0.4, 0.5) is 4.79 Å². The fourth-order valence-corrected chi connectivity index (χ4v) is 3.27. The number of halogens is 2. The van der Waals surface area contributed by atoms with Crippen LogP contribution in [0.2, 0.25) is 10.0 Å². The lowest BCUT2D eigenvalue weighted by molar-refractivity contribution is -0.136. The Balaban J connectivity index is 1.87. The van der Waals surface area contributed by atoms with Crippen molar-refractivity contribution in [3.05, 3.63) is 69.8 Å². The fraction of sp³-hybridized carbons (Fsp3) is 0.208. The number of nitrogens with one attached hydrogen (secondary N) is 1. The fourth-order valence-electron chi connectivity index (χ4n) is 2.79. The van der Waals surface area contributed by atoms with Crippen molar-refractivity contribution in [2.75, 3.05) is 7.11 Å². The molecule has 9 heteroatoms. The lowest BCUT2D eigenvalue weighted by Crippen LogP contribution is -2.34. The highest BCUT2D eigenvalue weighted by Gasteiger charge is 2.20. The third-order valence-corrected chi connectivity index (χ3v) is 4.76. The van der Waals surface area contributed by atoms with Gasteiger partial charge < -0.3 is 14.2 Å². The normalized spacial score (nSPS) is 11.8. The zero-order chi connectivity index (χ0) is 24.2. The summed E-state index contributed by atoms with van der Waals surface area (Å²) in [5.74, 6) is -0.0646. The van der Waals surface area contributed by atoms with Crippen molar-refractivity contribution >= 4 is 52.2 Å². The van der Waals surface area contributed by atoms with E-state index in [2.05, 4.69) is 10.3 Å². The molecule has 0 fully saturated rings. The summed E-state index contributed by atoms with van der Waals surface area (Å²) in [6.07, 6.45) is 0.727. The van der Waals surface area contributed by atoms with Gasteiger partial charge in [-0.3, -0.25) is 5.32 Å². The summed E-state index contributed by atoms with van der Waals surface area (Å²) in [6, 6.07) is 13.8. The minimum atomic E-state index is -0.762. The Morgan fingerprint density at radius 1 is 1.03 bits per heavy atom. The number of carbonyl (C=O) groups is 2. The predicted octanol–water partition coefficient (Wildman–Crippen LogP) is 6.37. The van der Waals surface area contributed by atoms with Crippen molar-refractivity contribution < 1.29 is 23.8 Å². The second kappa shape index (κ2) is 10.1. The molecular formula is C24H22Cl2N2O5. The average molecular weight is 489 g/mol. The molecule has 1 heterocycles. The van der Waals surface area contributed by atoms with E-state index in [1.807, 2.05) is 0 Å². The van der Waals surface area contributed by atoms with E-state index in [9.17, 15) is 9.59 Å². The number of alkyl carbamates (subject to hydrolysis) is 1. The molecule has 0 radical (unpaired) electrons. The van der Waals surface area contributed by atoms with E-state index >= 15 is 0 Å². The number of hydrogen-bond donors (Lipinski definition) is 1. The largest absolute Gasteiger partial charge is 0.464 e. The van der Waals surface area contributed by atoms with Crippen LogP contribution < -0.4 is 10.1 Å². The summed E-state index contributed by atoms with van der Waals surface area (Å²) in [6.45, 7) is 5.17. The molecule has 1 N–H and O–H groups in total. The van der Waals surface area contributed by atoms with E-state index in [4.69, 9.17) is 37.4 Å². The van der Waals surface area contributed by atoms with Crippen molar-refractivity contribution in [3.63, 3.8) is 0 Å². The number of hydrogen-bond acceptors (Lipinski definition) is 6. The number of carbonyl (C=O) groups excluding carboxylic acids is 2. The maximum atomic E-state index is 12.1. The number of para-hydroxylation sites is 1. The third kappa shape index (κ3) is 6.60. The highest BCUT2D eigenvalue weighted by Crippen LogP contribution is 2.35. The van der Waals surface area contributed by atoms with Gasteiger partial charge in [-0.1, -0.05) is 35.3 Å². The lowest BCUT2D eigenvalue weighted by Gasteiger charge is -2.20. The summed E-state index contributed by atoms with van der Waals surface area (Å²) in [5.41, 5.74) is 0.511. The second-order valence-electron chi connectivity index (χ2n) is 7.93. The Kier molecular flexibility index (Phi) is 7.46. The standard InChI is InChI=1S/C24H22Cl2N2O5/c1-24(2,3)33-23(30)28-19(22(29)31-4)13-14-8-10-18-15(12-14)9-11-20(27-18)32-21-16(25)6-5-7-17(21)26/h5-13H,1-4H3,(H,28,30)/b19-13-. The van der Waals surface area contributed by atoms with Crippen LogP contribution in [-0.2, 0) is 14.3 Å². The lowest BCUT2D eigenvalue weighted by atomic mass is 10.1. The number of methoxy groups -OCH3 is 1. The Bertz CT molecular complexity index is 1210. The van der Waals surface area contributed by atoms with E-state index in [1.165, 1.54) is 13.2 Å². The molecule has 1 amide bonds. The molecule has 0 aliphatic heterocycles. The van der Waals surface area contributed by atoms with Crippen LogP contribution in [0.15, 0.2) is 54.2 Å². The number of benzene rings is 2. The molecule has 172 valence electrons. The van der Waals surface area contributed by atoms with Crippen LogP contribution >= 0.6 is 23.2 Å². The molecule has 0 unspecified atom stereocenters. The van der Waals surface area contributed by atoms with Crippen molar-refractivity contribution in [1.29, 1.82) is 0 Å². The van der Waals surface area contributed by atoms with Crippen molar-refractivity contribution in [2.24, 2.45) is 0 Å². The summed E-state index contributed by atoms with van der Waals surface area (Å²) in [5, 5.41) is 3.96. The second-order valence-corrected chi connectivity index (χ2v) is 8.75. The number of ether oxygens (including phenoxy) is 3. The average Bonchev–Trinajstić information content (AvgIpc) is 2.74. The summed E-state index contributed by atoms with van der Waals surface area (Å²) in [4.78, 5) is 28.7. The van der Waals surface area contributed by atoms with Crippen molar-refractivity contribution in [1.82, 2.24) is 10.3 Å².